The molecule has 0 bridgehead atoms. The van der Waals surface area contributed by atoms with Crippen LogP contribution in [0.15, 0.2) is 16.5 Å². The van der Waals surface area contributed by atoms with E-state index in [1.807, 2.05) is 26.0 Å². The molecule has 1 aromatic heterocycles. The summed E-state index contributed by atoms with van der Waals surface area (Å²) in [5, 5.41) is 0. The average Bonchev–Trinajstić information content (AvgIpc) is 2.64. The zero-order valence-electron chi connectivity index (χ0n) is 8.66. The van der Waals surface area contributed by atoms with Crippen LogP contribution in [0.5, 0.6) is 0 Å². The van der Waals surface area contributed by atoms with Crippen molar-refractivity contribution in [3.05, 3.63) is 23.7 Å². The van der Waals surface area contributed by atoms with Crippen LogP contribution in [0.3, 0.4) is 0 Å². The van der Waals surface area contributed by atoms with Crippen LogP contribution in [0.4, 0.5) is 0 Å². The zero-order chi connectivity index (χ0) is 10.3. The molecule has 0 radical (unpaired) electrons. The second kappa shape index (κ2) is 2.87. The van der Waals surface area contributed by atoms with Crippen molar-refractivity contribution < 1.29 is 13.9 Å². The molecular weight excluding hydrogens is 180 g/mol. The van der Waals surface area contributed by atoms with Crippen molar-refractivity contribution in [3.8, 4) is 0 Å². The fourth-order valence-electron chi connectivity index (χ4n) is 2.01. The fraction of sp³-hybridized carbons (Fsp3) is 0.545. The highest BCUT2D eigenvalue weighted by Crippen LogP contribution is 2.55. The third-order valence-electron chi connectivity index (χ3n) is 3.04. The van der Waals surface area contributed by atoms with Gasteiger partial charge in [0.05, 0.1) is 7.11 Å². The monoisotopic (exact) mass is 194 g/mol. The lowest BCUT2D eigenvalue weighted by Gasteiger charge is -2.10. The number of furan rings is 1. The lowest BCUT2D eigenvalue weighted by atomic mass is 10.0. The summed E-state index contributed by atoms with van der Waals surface area (Å²) < 4.78 is 10.3. The Balaban J connectivity index is 2.35. The SMILES string of the molecule is COC(=O)C1(c2ccc(C)o2)CC1C. The Morgan fingerprint density at radius 3 is 2.64 bits per heavy atom. The molecule has 76 valence electrons. The van der Waals surface area contributed by atoms with E-state index in [9.17, 15) is 4.79 Å². The summed E-state index contributed by atoms with van der Waals surface area (Å²) in [5.74, 6) is 1.72. The van der Waals surface area contributed by atoms with Crippen molar-refractivity contribution in [2.24, 2.45) is 5.92 Å². The maximum Gasteiger partial charge on any atom is 0.319 e. The number of carbonyl (C=O) groups excluding carboxylic acids is 1. The number of methoxy groups -OCH3 is 1. The quantitative estimate of drug-likeness (QED) is 0.676. The molecule has 0 N–H and O–H groups in total. The van der Waals surface area contributed by atoms with Crippen LogP contribution in [-0.4, -0.2) is 13.1 Å². The zero-order valence-corrected chi connectivity index (χ0v) is 8.66. The van der Waals surface area contributed by atoms with Gasteiger partial charge in [-0.2, -0.15) is 0 Å². The third-order valence-corrected chi connectivity index (χ3v) is 3.04. The molecule has 0 spiro atoms. The predicted molar refractivity (Wildman–Crippen MR) is 50.9 cm³/mol. The van der Waals surface area contributed by atoms with Gasteiger partial charge in [0.1, 0.15) is 16.9 Å². The highest BCUT2D eigenvalue weighted by atomic mass is 16.5. The van der Waals surface area contributed by atoms with Crippen molar-refractivity contribution in [1.82, 2.24) is 0 Å². The Bertz CT molecular complexity index is 366. The van der Waals surface area contributed by atoms with Gasteiger partial charge < -0.3 is 9.15 Å². The van der Waals surface area contributed by atoms with Crippen molar-refractivity contribution in [2.75, 3.05) is 7.11 Å². The van der Waals surface area contributed by atoms with E-state index in [2.05, 4.69) is 0 Å². The first kappa shape index (κ1) is 9.31. The first-order chi connectivity index (χ1) is 6.61. The highest BCUT2D eigenvalue weighted by Gasteiger charge is 2.62. The third kappa shape index (κ3) is 1.08. The molecule has 3 heteroatoms. The predicted octanol–water partition coefficient (Wildman–Crippen LogP) is 2.04. The van der Waals surface area contributed by atoms with Gasteiger partial charge in [0.15, 0.2) is 0 Å². The number of carbonyl (C=O) groups is 1. The van der Waals surface area contributed by atoms with Crippen LogP contribution >= 0.6 is 0 Å². The van der Waals surface area contributed by atoms with E-state index in [0.29, 0.717) is 5.92 Å². The van der Waals surface area contributed by atoms with Crippen molar-refractivity contribution in [2.45, 2.75) is 25.7 Å². The maximum atomic E-state index is 11.6. The molecule has 0 amide bonds. The Hall–Kier alpha value is -1.25. The molecule has 1 aliphatic rings. The van der Waals surface area contributed by atoms with E-state index in [1.165, 1.54) is 7.11 Å². The number of hydrogen-bond donors (Lipinski definition) is 0. The number of hydrogen-bond acceptors (Lipinski definition) is 3. The van der Waals surface area contributed by atoms with Gasteiger partial charge in [0.25, 0.3) is 0 Å². The van der Waals surface area contributed by atoms with Crippen molar-refractivity contribution in [1.29, 1.82) is 0 Å². The first-order valence-electron chi connectivity index (χ1n) is 4.76. The van der Waals surface area contributed by atoms with Gasteiger partial charge in [-0.05, 0) is 31.4 Å². The Kier molecular flexibility index (Phi) is 1.91. The van der Waals surface area contributed by atoms with Gasteiger partial charge >= 0.3 is 5.97 Å². The van der Waals surface area contributed by atoms with Gasteiger partial charge in [-0.1, -0.05) is 6.92 Å². The summed E-state index contributed by atoms with van der Waals surface area (Å²) in [4.78, 5) is 11.6. The van der Waals surface area contributed by atoms with Crippen LogP contribution in [0.1, 0.15) is 24.9 Å². The Morgan fingerprint density at radius 2 is 2.29 bits per heavy atom. The van der Waals surface area contributed by atoms with Crippen LogP contribution in [-0.2, 0) is 14.9 Å². The minimum absolute atomic E-state index is 0.181. The van der Waals surface area contributed by atoms with E-state index in [-0.39, 0.29) is 5.97 Å². The summed E-state index contributed by atoms with van der Waals surface area (Å²) >= 11 is 0. The molecule has 1 saturated carbocycles. The molecule has 2 rings (SSSR count). The molecule has 14 heavy (non-hydrogen) atoms. The van der Waals surface area contributed by atoms with Crippen molar-refractivity contribution in [3.63, 3.8) is 0 Å². The van der Waals surface area contributed by atoms with Crippen LogP contribution < -0.4 is 0 Å². The topological polar surface area (TPSA) is 39.4 Å². The molecule has 1 aliphatic carbocycles. The molecular formula is C11H14O3. The van der Waals surface area contributed by atoms with Gasteiger partial charge in [0.2, 0.25) is 0 Å². The summed E-state index contributed by atoms with van der Waals surface area (Å²) in [6, 6.07) is 3.75. The van der Waals surface area contributed by atoms with E-state index in [0.717, 1.165) is 17.9 Å². The molecule has 0 saturated heterocycles. The standard InChI is InChI=1S/C11H14O3/c1-7-6-11(7,10(12)13-3)9-5-4-8(2)14-9/h4-5,7H,6H2,1-3H3. The molecule has 1 aromatic rings. The smallest absolute Gasteiger partial charge is 0.319 e. The second-order valence-corrected chi connectivity index (χ2v) is 3.98. The van der Waals surface area contributed by atoms with Crippen LogP contribution in [0, 0.1) is 12.8 Å². The number of ether oxygens (including phenoxy) is 1. The second-order valence-electron chi connectivity index (χ2n) is 3.98. The molecule has 1 heterocycles. The molecule has 1 fully saturated rings. The molecule has 3 nitrogen and oxygen atoms in total. The normalized spacial score (nSPS) is 30.1. The minimum atomic E-state index is -0.497. The molecule has 0 aromatic carbocycles. The molecule has 2 unspecified atom stereocenters. The molecule has 0 aliphatic heterocycles. The first-order valence-corrected chi connectivity index (χ1v) is 4.76. The lowest BCUT2D eigenvalue weighted by molar-refractivity contribution is -0.144. The van der Waals surface area contributed by atoms with Gasteiger partial charge in [-0.3, -0.25) is 4.79 Å². The summed E-state index contributed by atoms with van der Waals surface area (Å²) in [6.45, 7) is 3.91. The van der Waals surface area contributed by atoms with Crippen LogP contribution in [0.2, 0.25) is 0 Å². The van der Waals surface area contributed by atoms with Gasteiger partial charge in [-0.15, -0.1) is 0 Å². The van der Waals surface area contributed by atoms with E-state index in [4.69, 9.17) is 9.15 Å². The van der Waals surface area contributed by atoms with Gasteiger partial charge in [0, 0.05) is 0 Å². The Morgan fingerprint density at radius 1 is 1.64 bits per heavy atom. The number of rotatable bonds is 2. The minimum Gasteiger partial charge on any atom is -0.468 e. The highest BCUT2D eigenvalue weighted by molar-refractivity contribution is 5.86. The lowest BCUT2D eigenvalue weighted by Crippen LogP contribution is -2.23. The Labute approximate surface area is 83.0 Å². The van der Waals surface area contributed by atoms with Crippen LogP contribution in [0.25, 0.3) is 0 Å². The molecule has 2 atom stereocenters. The summed E-state index contributed by atoms with van der Waals surface area (Å²) in [5.41, 5.74) is -0.497. The van der Waals surface area contributed by atoms with E-state index in [1.54, 1.807) is 0 Å². The van der Waals surface area contributed by atoms with Crippen molar-refractivity contribution >= 4 is 5.97 Å². The van der Waals surface area contributed by atoms with Gasteiger partial charge in [-0.25, -0.2) is 0 Å². The summed E-state index contributed by atoms with van der Waals surface area (Å²) in [7, 11) is 1.42. The van der Waals surface area contributed by atoms with E-state index >= 15 is 0 Å². The maximum absolute atomic E-state index is 11.6. The summed E-state index contributed by atoms with van der Waals surface area (Å²) in [6.07, 6.45) is 0.826. The fourth-order valence-corrected chi connectivity index (χ4v) is 2.01. The number of aryl methyl sites for hydroxylation is 1. The number of esters is 1. The largest absolute Gasteiger partial charge is 0.468 e. The van der Waals surface area contributed by atoms with E-state index < -0.39 is 5.41 Å². The average molecular weight is 194 g/mol.